The average Bonchev–Trinajstić information content (AvgIpc) is 3.53. The highest BCUT2D eigenvalue weighted by Gasteiger charge is 2.52. The Morgan fingerprint density at radius 2 is 1.88 bits per heavy atom. The molecule has 2 aromatic carbocycles. The lowest BCUT2D eigenvalue weighted by atomic mass is 10.0. The maximum Gasteiger partial charge on any atom is 0.387 e. The normalized spacial score (nSPS) is 17.8. The minimum absolute atomic E-state index is 0.0365. The number of ether oxygens (including phenoxy) is 1. The lowest BCUT2D eigenvalue weighted by Gasteiger charge is -2.22. The summed E-state index contributed by atoms with van der Waals surface area (Å²) in [6, 6.07) is 13.2. The van der Waals surface area contributed by atoms with Crippen LogP contribution in [0, 0.1) is 6.92 Å². The molecule has 1 aliphatic heterocycles. The van der Waals surface area contributed by atoms with Crippen LogP contribution in [0.5, 0.6) is 5.75 Å². The molecule has 1 atom stereocenters. The van der Waals surface area contributed by atoms with Crippen molar-refractivity contribution in [1.29, 1.82) is 0 Å². The molecule has 1 saturated carbocycles. The number of carbonyl (C=O) groups excluding carboxylic acids is 2. The lowest BCUT2D eigenvalue weighted by Crippen LogP contribution is -2.50. The summed E-state index contributed by atoms with van der Waals surface area (Å²) in [5.74, 6) is 0.0432. The number of nitrogens with one attached hydrogen (secondary N) is 2. The predicted octanol–water partition coefficient (Wildman–Crippen LogP) is 3.85. The molecule has 176 valence electrons. The fourth-order valence-electron chi connectivity index (χ4n) is 4.43. The number of nitrogens with zero attached hydrogens (tertiary/aromatic N) is 2. The Labute approximate surface area is 195 Å². The van der Waals surface area contributed by atoms with E-state index < -0.39 is 18.1 Å². The zero-order chi connectivity index (χ0) is 23.9. The molecule has 2 amide bonds. The van der Waals surface area contributed by atoms with Crippen LogP contribution in [0.25, 0.3) is 5.69 Å². The smallest absolute Gasteiger partial charge is 0.387 e. The summed E-state index contributed by atoms with van der Waals surface area (Å²) in [5, 5.41) is 5.94. The van der Waals surface area contributed by atoms with Crippen LogP contribution in [0.2, 0.25) is 0 Å². The molecule has 2 aliphatic rings. The molecule has 0 unspecified atom stereocenters. The van der Waals surface area contributed by atoms with Crippen LogP contribution in [0.3, 0.4) is 0 Å². The quantitative estimate of drug-likeness (QED) is 0.578. The molecule has 34 heavy (non-hydrogen) atoms. The van der Waals surface area contributed by atoms with Gasteiger partial charge in [-0.2, -0.15) is 8.78 Å². The zero-order valence-corrected chi connectivity index (χ0v) is 18.6. The van der Waals surface area contributed by atoms with Crippen LogP contribution in [0.4, 0.5) is 8.78 Å². The highest BCUT2D eigenvalue weighted by molar-refractivity contribution is 6.00. The summed E-state index contributed by atoms with van der Waals surface area (Å²) in [5.41, 5.74) is 2.52. The van der Waals surface area contributed by atoms with Gasteiger partial charge in [0.25, 0.3) is 5.91 Å². The summed E-state index contributed by atoms with van der Waals surface area (Å²) in [6.07, 6.45) is 4.33. The number of fused-ring (bicyclic) bond motifs is 3. The number of rotatable bonds is 6. The van der Waals surface area contributed by atoms with Crippen molar-refractivity contribution in [3.63, 3.8) is 0 Å². The van der Waals surface area contributed by atoms with Gasteiger partial charge < -0.3 is 15.4 Å². The second kappa shape index (κ2) is 8.55. The molecule has 1 aromatic heterocycles. The van der Waals surface area contributed by atoms with Crippen LogP contribution >= 0.6 is 0 Å². The standard InChI is InChI=1S/C25H24F2N4O3/c1-15-14-28-21-19(11-8-16-4-2-3-5-20(16)31(15)21)29-23(33)25(12-13-25)30-22(32)17-6-9-18(10-7-17)34-24(26)27/h2-7,9-10,14,19,24H,8,11-13H2,1H3,(H,29,33)(H,30,32)/t19-/m1/s1. The highest BCUT2D eigenvalue weighted by atomic mass is 19.3. The highest BCUT2D eigenvalue weighted by Crippen LogP contribution is 2.38. The lowest BCUT2D eigenvalue weighted by molar-refractivity contribution is -0.124. The van der Waals surface area contributed by atoms with Crippen molar-refractivity contribution in [3.05, 3.63) is 77.4 Å². The molecule has 1 fully saturated rings. The Hall–Kier alpha value is -3.75. The molecular formula is C25H24F2N4O3. The Morgan fingerprint density at radius 1 is 1.15 bits per heavy atom. The van der Waals surface area contributed by atoms with Crippen molar-refractivity contribution in [2.45, 2.75) is 50.8 Å². The number of alkyl halides is 2. The van der Waals surface area contributed by atoms with Gasteiger partial charge in [0.2, 0.25) is 5.91 Å². The van der Waals surface area contributed by atoms with Crippen molar-refractivity contribution in [2.24, 2.45) is 0 Å². The number of amides is 2. The van der Waals surface area contributed by atoms with E-state index in [-0.39, 0.29) is 23.3 Å². The Bertz CT molecular complexity index is 1240. The first-order valence-corrected chi connectivity index (χ1v) is 11.2. The van der Waals surface area contributed by atoms with Crippen LogP contribution in [-0.4, -0.2) is 33.5 Å². The third-order valence-electron chi connectivity index (χ3n) is 6.40. The number of aryl methyl sites for hydroxylation is 2. The molecule has 2 heterocycles. The van der Waals surface area contributed by atoms with Gasteiger partial charge in [-0.1, -0.05) is 18.2 Å². The maximum absolute atomic E-state index is 13.3. The summed E-state index contributed by atoms with van der Waals surface area (Å²) in [7, 11) is 0. The minimum atomic E-state index is -2.94. The van der Waals surface area contributed by atoms with Gasteiger partial charge in [-0.05, 0) is 68.5 Å². The first-order chi connectivity index (χ1) is 16.4. The molecule has 0 spiro atoms. The summed E-state index contributed by atoms with van der Waals surface area (Å²) < 4.78 is 31.1. The van der Waals surface area contributed by atoms with Gasteiger partial charge in [-0.25, -0.2) is 4.98 Å². The number of hydrogen-bond acceptors (Lipinski definition) is 4. The summed E-state index contributed by atoms with van der Waals surface area (Å²) in [4.78, 5) is 30.6. The van der Waals surface area contributed by atoms with Crippen molar-refractivity contribution < 1.29 is 23.1 Å². The van der Waals surface area contributed by atoms with E-state index in [1.54, 1.807) is 6.20 Å². The van der Waals surface area contributed by atoms with Gasteiger partial charge in [-0.15, -0.1) is 0 Å². The van der Waals surface area contributed by atoms with Gasteiger partial charge in [0.15, 0.2) is 0 Å². The molecule has 0 saturated heterocycles. The van der Waals surface area contributed by atoms with E-state index in [4.69, 9.17) is 0 Å². The number of halogens is 2. The molecule has 9 heteroatoms. The molecule has 1 aliphatic carbocycles. The second-order valence-corrected chi connectivity index (χ2v) is 8.73. The Kier molecular flexibility index (Phi) is 5.55. The van der Waals surface area contributed by atoms with Crippen LogP contribution in [0.15, 0.2) is 54.7 Å². The largest absolute Gasteiger partial charge is 0.435 e. The fraction of sp³-hybridized carbons (Fsp3) is 0.320. The molecule has 7 nitrogen and oxygen atoms in total. The fourth-order valence-corrected chi connectivity index (χ4v) is 4.43. The van der Waals surface area contributed by atoms with Crippen molar-refractivity contribution in [1.82, 2.24) is 20.2 Å². The number of benzene rings is 2. The van der Waals surface area contributed by atoms with Crippen molar-refractivity contribution in [3.8, 4) is 11.4 Å². The van der Waals surface area contributed by atoms with Gasteiger partial charge in [-0.3, -0.25) is 14.2 Å². The third kappa shape index (κ3) is 4.13. The summed E-state index contributed by atoms with van der Waals surface area (Å²) in [6.45, 7) is -0.952. The topological polar surface area (TPSA) is 85.3 Å². The zero-order valence-electron chi connectivity index (χ0n) is 18.6. The maximum atomic E-state index is 13.3. The van der Waals surface area contributed by atoms with Gasteiger partial charge in [0.05, 0.1) is 11.7 Å². The van der Waals surface area contributed by atoms with Crippen LogP contribution in [-0.2, 0) is 11.2 Å². The van der Waals surface area contributed by atoms with E-state index >= 15 is 0 Å². The molecule has 2 N–H and O–H groups in total. The van der Waals surface area contributed by atoms with E-state index in [1.807, 2.05) is 19.1 Å². The molecular weight excluding hydrogens is 442 g/mol. The van der Waals surface area contributed by atoms with E-state index in [0.29, 0.717) is 19.3 Å². The summed E-state index contributed by atoms with van der Waals surface area (Å²) >= 11 is 0. The SMILES string of the molecule is Cc1cnc2n1-c1ccccc1CC[C@H]2NC(=O)C1(NC(=O)c2ccc(OC(F)F)cc2)CC1. The second-order valence-electron chi connectivity index (χ2n) is 8.73. The van der Waals surface area contributed by atoms with Crippen molar-refractivity contribution in [2.75, 3.05) is 0 Å². The van der Waals surface area contributed by atoms with E-state index in [1.165, 1.54) is 29.8 Å². The third-order valence-corrected chi connectivity index (χ3v) is 6.40. The molecule has 0 radical (unpaired) electrons. The number of hydrogen-bond donors (Lipinski definition) is 2. The monoisotopic (exact) mass is 466 g/mol. The van der Waals surface area contributed by atoms with Gasteiger partial charge in [0, 0.05) is 17.5 Å². The first-order valence-electron chi connectivity index (χ1n) is 11.2. The van der Waals surface area contributed by atoms with E-state index in [9.17, 15) is 18.4 Å². The van der Waals surface area contributed by atoms with Crippen LogP contribution in [0.1, 0.15) is 52.7 Å². The molecule has 3 aromatic rings. The Balaban J connectivity index is 1.30. The molecule has 0 bridgehead atoms. The Morgan fingerprint density at radius 3 is 2.59 bits per heavy atom. The molecule has 5 rings (SSSR count). The minimum Gasteiger partial charge on any atom is -0.435 e. The van der Waals surface area contributed by atoms with Crippen LogP contribution < -0.4 is 15.4 Å². The number of para-hydroxylation sites is 1. The van der Waals surface area contributed by atoms with E-state index in [2.05, 4.69) is 37.1 Å². The first kappa shape index (κ1) is 22.1. The van der Waals surface area contributed by atoms with E-state index in [0.717, 1.165) is 23.6 Å². The van der Waals surface area contributed by atoms with Crippen molar-refractivity contribution >= 4 is 11.8 Å². The van der Waals surface area contributed by atoms with Gasteiger partial charge in [0.1, 0.15) is 17.1 Å². The van der Waals surface area contributed by atoms with Gasteiger partial charge >= 0.3 is 6.61 Å². The average molecular weight is 466 g/mol. The number of imidazole rings is 1. The predicted molar refractivity (Wildman–Crippen MR) is 120 cm³/mol. The number of aromatic nitrogens is 2. The number of carbonyl (C=O) groups is 2.